The molecular formula is C8H18NO2P. The van der Waals surface area contributed by atoms with Crippen LogP contribution in [0.5, 0.6) is 0 Å². The van der Waals surface area contributed by atoms with Crippen LogP contribution >= 0.6 is 8.38 Å². The molecule has 0 aromatic carbocycles. The van der Waals surface area contributed by atoms with Gasteiger partial charge in [-0.3, -0.25) is 0 Å². The molecule has 0 spiro atoms. The van der Waals surface area contributed by atoms with Gasteiger partial charge in [0.1, 0.15) is 6.23 Å². The van der Waals surface area contributed by atoms with Crippen LogP contribution in [0.4, 0.5) is 0 Å². The molecule has 0 aromatic heterocycles. The summed E-state index contributed by atoms with van der Waals surface area (Å²) < 4.78 is 11.0. The van der Waals surface area contributed by atoms with Gasteiger partial charge in [-0.1, -0.05) is 13.8 Å². The molecule has 1 rings (SSSR count). The van der Waals surface area contributed by atoms with E-state index < -0.39 is 8.38 Å². The minimum atomic E-state index is -0.726. The fourth-order valence-corrected chi connectivity index (χ4v) is 2.50. The Morgan fingerprint density at radius 1 is 1.50 bits per heavy atom. The van der Waals surface area contributed by atoms with Gasteiger partial charge < -0.3 is 14.8 Å². The molecule has 1 fully saturated rings. The Kier molecular flexibility index (Phi) is 3.47. The van der Waals surface area contributed by atoms with E-state index in [4.69, 9.17) is 14.8 Å². The van der Waals surface area contributed by atoms with Crippen LogP contribution in [0.3, 0.4) is 0 Å². The lowest BCUT2D eigenvalue weighted by Crippen LogP contribution is -2.47. The lowest BCUT2D eigenvalue weighted by molar-refractivity contribution is -0.0335. The van der Waals surface area contributed by atoms with Gasteiger partial charge in [0.15, 0.2) is 8.38 Å². The summed E-state index contributed by atoms with van der Waals surface area (Å²) >= 11 is 0. The summed E-state index contributed by atoms with van der Waals surface area (Å²) in [6, 6.07) is 0. The Labute approximate surface area is 75.5 Å². The lowest BCUT2D eigenvalue weighted by Gasteiger charge is -2.42. The standard InChI is InChI=1S/C8H18NO2P/c1-4-8(5-2)6-10-12(3)11-7(8)9/h7H,4-6,9H2,1-3H3. The van der Waals surface area contributed by atoms with Crippen molar-refractivity contribution in [1.82, 2.24) is 0 Å². The molecule has 2 atom stereocenters. The van der Waals surface area contributed by atoms with Gasteiger partial charge in [-0.2, -0.15) is 0 Å². The van der Waals surface area contributed by atoms with Gasteiger partial charge in [0.25, 0.3) is 0 Å². The molecule has 2 unspecified atom stereocenters. The van der Waals surface area contributed by atoms with Crippen LogP contribution < -0.4 is 5.73 Å². The van der Waals surface area contributed by atoms with Crippen molar-refractivity contribution in [2.45, 2.75) is 32.9 Å². The Morgan fingerprint density at radius 2 is 2.08 bits per heavy atom. The summed E-state index contributed by atoms with van der Waals surface area (Å²) in [7, 11) is -0.726. The van der Waals surface area contributed by atoms with Crippen molar-refractivity contribution in [2.24, 2.45) is 11.1 Å². The van der Waals surface area contributed by atoms with E-state index in [-0.39, 0.29) is 11.6 Å². The molecule has 0 aliphatic carbocycles. The largest absolute Gasteiger partial charge is 0.333 e. The van der Waals surface area contributed by atoms with E-state index in [1.807, 2.05) is 6.66 Å². The van der Waals surface area contributed by atoms with Gasteiger partial charge in [0.05, 0.1) is 6.61 Å². The molecule has 1 aliphatic heterocycles. The van der Waals surface area contributed by atoms with E-state index in [1.54, 1.807) is 0 Å². The highest BCUT2D eigenvalue weighted by Gasteiger charge is 2.40. The lowest BCUT2D eigenvalue weighted by atomic mass is 9.82. The van der Waals surface area contributed by atoms with Crippen LogP contribution in [-0.4, -0.2) is 19.5 Å². The van der Waals surface area contributed by atoms with E-state index in [0.29, 0.717) is 0 Å². The van der Waals surface area contributed by atoms with E-state index in [0.717, 1.165) is 19.4 Å². The molecule has 72 valence electrons. The zero-order chi connectivity index (χ0) is 9.19. The predicted molar refractivity (Wildman–Crippen MR) is 50.9 cm³/mol. The van der Waals surface area contributed by atoms with Gasteiger partial charge in [0.2, 0.25) is 0 Å². The first-order chi connectivity index (χ1) is 5.64. The number of nitrogens with two attached hydrogens (primary N) is 1. The van der Waals surface area contributed by atoms with Crippen LogP contribution in [0.15, 0.2) is 0 Å². The summed E-state index contributed by atoms with van der Waals surface area (Å²) in [5, 5.41) is 0. The molecule has 12 heavy (non-hydrogen) atoms. The third-order valence-corrected chi connectivity index (χ3v) is 3.82. The Balaban J connectivity index is 2.64. The maximum atomic E-state index is 5.94. The number of hydrogen-bond donors (Lipinski definition) is 1. The second kappa shape index (κ2) is 4.01. The summed E-state index contributed by atoms with van der Waals surface area (Å²) in [5.41, 5.74) is 5.99. The molecule has 1 aliphatic rings. The second-order valence-corrected chi connectivity index (χ2v) is 4.66. The molecule has 3 nitrogen and oxygen atoms in total. The fourth-order valence-electron chi connectivity index (χ4n) is 1.46. The van der Waals surface area contributed by atoms with Gasteiger partial charge >= 0.3 is 0 Å². The average Bonchev–Trinajstić information content (AvgIpc) is 2.06. The summed E-state index contributed by atoms with van der Waals surface area (Å²) in [5.74, 6) is 0. The highest BCUT2D eigenvalue weighted by molar-refractivity contribution is 7.46. The molecule has 0 saturated carbocycles. The Bertz CT molecular complexity index is 150. The van der Waals surface area contributed by atoms with Crippen molar-refractivity contribution < 1.29 is 9.05 Å². The van der Waals surface area contributed by atoms with Crippen molar-refractivity contribution in [1.29, 1.82) is 0 Å². The molecular weight excluding hydrogens is 173 g/mol. The van der Waals surface area contributed by atoms with E-state index >= 15 is 0 Å². The normalized spacial score (nSPS) is 35.0. The zero-order valence-electron chi connectivity index (χ0n) is 8.04. The van der Waals surface area contributed by atoms with Gasteiger partial charge in [-0.15, -0.1) is 0 Å². The second-order valence-electron chi connectivity index (χ2n) is 3.31. The topological polar surface area (TPSA) is 44.5 Å². The van der Waals surface area contributed by atoms with Crippen molar-refractivity contribution in [3.63, 3.8) is 0 Å². The first-order valence-electron chi connectivity index (χ1n) is 4.43. The minimum absolute atomic E-state index is 0.0504. The monoisotopic (exact) mass is 191 g/mol. The van der Waals surface area contributed by atoms with Crippen LogP contribution in [-0.2, 0) is 9.05 Å². The highest BCUT2D eigenvalue weighted by Crippen LogP contribution is 2.47. The Morgan fingerprint density at radius 3 is 2.50 bits per heavy atom. The van der Waals surface area contributed by atoms with Crippen molar-refractivity contribution in [3.8, 4) is 0 Å². The fraction of sp³-hybridized carbons (Fsp3) is 1.00. The first kappa shape index (κ1) is 10.4. The van der Waals surface area contributed by atoms with Crippen molar-refractivity contribution >= 4 is 8.38 Å². The van der Waals surface area contributed by atoms with E-state index in [2.05, 4.69) is 13.8 Å². The molecule has 0 bridgehead atoms. The maximum Gasteiger partial charge on any atom is 0.168 e. The molecule has 1 saturated heterocycles. The molecule has 0 aromatic rings. The Hall–Kier alpha value is 0.310. The van der Waals surface area contributed by atoms with Gasteiger partial charge in [0, 0.05) is 12.1 Å². The van der Waals surface area contributed by atoms with Gasteiger partial charge in [-0.05, 0) is 12.8 Å². The van der Waals surface area contributed by atoms with Crippen LogP contribution in [0.25, 0.3) is 0 Å². The summed E-state index contributed by atoms with van der Waals surface area (Å²) in [4.78, 5) is 0. The number of hydrogen-bond acceptors (Lipinski definition) is 3. The molecule has 4 heteroatoms. The highest BCUT2D eigenvalue weighted by atomic mass is 31.2. The van der Waals surface area contributed by atoms with Crippen molar-refractivity contribution in [3.05, 3.63) is 0 Å². The quantitative estimate of drug-likeness (QED) is 0.679. The third-order valence-electron chi connectivity index (χ3n) is 2.81. The molecule has 1 heterocycles. The molecule has 2 N–H and O–H groups in total. The SMILES string of the molecule is CCC1(CC)COP(C)OC1N. The zero-order valence-corrected chi connectivity index (χ0v) is 8.93. The summed E-state index contributed by atoms with van der Waals surface area (Å²) in [6.07, 6.45) is 1.90. The van der Waals surface area contributed by atoms with E-state index in [1.165, 1.54) is 0 Å². The average molecular weight is 191 g/mol. The number of rotatable bonds is 2. The van der Waals surface area contributed by atoms with Crippen LogP contribution in [0.2, 0.25) is 0 Å². The van der Waals surface area contributed by atoms with Gasteiger partial charge in [-0.25, -0.2) is 0 Å². The molecule has 0 amide bonds. The van der Waals surface area contributed by atoms with Crippen LogP contribution in [0.1, 0.15) is 26.7 Å². The van der Waals surface area contributed by atoms with E-state index in [9.17, 15) is 0 Å². The predicted octanol–water partition coefficient (Wildman–Crippen LogP) is 2.07. The first-order valence-corrected chi connectivity index (χ1v) is 6.06. The molecule has 0 radical (unpaired) electrons. The minimum Gasteiger partial charge on any atom is -0.333 e. The van der Waals surface area contributed by atoms with Crippen molar-refractivity contribution in [2.75, 3.05) is 13.3 Å². The third kappa shape index (κ3) is 1.80. The van der Waals surface area contributed by atoms with Crippen LogP contribution in [0, 0.1) is 5.41 Å². The smallest absolute Gasteiger partial charge is 0.168 e. The summed E-state index contributed by atoms with van der Waals surface area (Å²) in [6.45, 7) is 6.98. The maximum absolute atomic E-state index is 5.94.